The number of carbonyl (C=O) groups excluding carboxylic acids is 1. The van der Waals surface area contributed by atoms with Gasteiger partial charge in [-0.15, -0.1) is 0 Å². The Hall–Kier alpha value is -1.37. The van der Waals surface area contributed by atoms with E-state index in [0.717, 1.165) is 5.56 Å². The first-order valence-electron chi connectivity index (χ1n) is 4.44. The summed E-state index contributed by atoms with van der Waals surface area (Å²) < 4.78 is 0. The number of hydrogen-bond acceptors (Lipinski definition) is 1. The second-order valence-electron chi connectivity index (χ2n) is 3.07. The molecule has 0 saturated heterocycles. The third kappa shape index (κ3) is 2.86. The summed E-state index contributed by atoms with van der Waals surface area (Å²) in [5, 5.41) is 0. The largest absolute Gasteiger partial charge is 0.294 e. The van der Waals surface area contributed by atoms with Crippen LogP contribution in [-0.2, 0) is 11.2 Å². The number of rotatable bonds is 3. The van der Waals surface area contributed by atoms with Crippen molar-refractivity contribution in [2.45, 2.75) is 20.3 Å². The van der Waals surface area contributed by atoms with E-state index in [9.17, 15) is 4.79 Å². The molecule has 68 valence electrons. The van der Waals surface area contributed by atoms with Gasteiger partial charge in [0.05, 0.1) is 0 Å². The van der Waals surface area contributed by atoms with Gasteiger partial charge in [-0.3, -0.25) is 4.79 Å². The van der Waals surface area contributed by atoms with Crippen LogP contribution in [0.3, 0.4) is 0 Å². The zero-order chi connectivity index (χ0) is 9.68. The lowest BCUT2D eigenvalue weighted by molar-refractivity contribution is -0.114. The van der Waals surface area contributed by atoms with E-state index in [2.05, 4.69) is 0 Å². The number of hydrogen-bond donors (Lipinski definition) is 0. The molecule has 1 aromatic carbocycles. The van der Waals surface area contributed by atoms with Crippen LogP contribution in [0.25, 0.3) is 0 Å². The van der Waals surface area contributed by atoms with Gasteiger partial charge in [0.1, 0.15) is 0 Å². The lowest BCUT2D eigenvalue weighted by Gasteiger charge is -2.01. The molecule has 0 spiro atoms. The Morgan fingerprint density at radius 3 is 2.69 bits per heavy atom. The molecule has 0 radical (unpaired) electrons. The van der Waals surface area contributed by atoms with Crippen molar-refractivity contribution in [2.24, 2.45) is 0 Å². The Kier molecular flexibility index (Phi) is 3.44. The van der Waals surface area contributed by atoms with Crippen molar-refractivity contribution >= 4 is 5.78 Å². The van der Waals surface area contributed by atoms with Gasteiger partial charge in [0.15, 0.2) is 5.78 Å². The Bertz CT molecular complexity index is 324. The van der Waals surface area contributed by atoms with E-state index in [1.54, 1.807) is 12.2 Å². The minimum absolute atomic E-state index is 0.164. The van der Waals surface area contributed by atoms with Crippen LogP contribution < -0.4 is 0 Å². The summed E-state index contributed by atoms with van der Waals surface area (Å²) in [7, 11) is 0. The van der Waals surface area contributed by atoms with Gasteiger partial charge in [-0.2, -0.15) is 0 Å². The molecule has 0 N–H and O–H groups in total. The van der Waals surface area contributed by atoms with Gasteiger partial charge >= 0.3 is 0 Å². The fraction of sp³-hybridized carbons (Fsp3) is 0.250. The highest BCUT2D eigenvalue weighted by atomic mass is 16.1. The molecule has 0 aliphatic carbocycles. The smallest absolute Gasteiger partial charge is 0.159 e. The molecular formula is C12H14O. The van der Waals surface area contributed by atoms with E-state index in [1.165, 1.54) is 5.56 Å². The molecule has 0 fully saturated rings. The molecule has 0 unspecified atom stereocenters. The molecular weight excluding hydrogens is 160 g/mol. The Balaban J connectivity index is 2.74. The fourth-order valence-electron chi connectivity index (χ4n) is 1.24. The van der Waals surface area contributed by atoms with Crippen molar-refractivity contribution in [2.75, 3.05) is 0 Å². The Morgan fingerprint density at radius 1 is 1.38 bits per heavy atom. The molecule has 1 heteroatoms. The molecule has 1 nitrogen and oxygen atoms in total. The van der Waals surface area contributed by atoms with Crippen LogP contribution in [0.15, 0.2) is 36.4 Å². The number of benzene rings is 1. The quantitative estimate of drug-likeness (QED) is 0.644. The summed E-state index contributed by atoms with van der Waals surface area (Å²) >= 11 is 0. The topological polar surface area (TPSA) is 17.1 Å². The van der Waals surface area contributed by atoms with Gasteiger partial charge < -0.3 is 0 Å². The van der Waals surface area contributed by atoms with E-state index in [0.29, 0.717) is 6.42 Å². The molecule has 0 aromatic heterocycles. The second-order valence-corrected chi connectivity index (χ2v) is 3.07. The maximum absolute atomic E-state index is 11.3. The average Bonchev–Trinajstić information content (AvgIpc) is 2.09. The van der Waals surface area contributed by atoms with E-state index < -0.39 is 0 Å². The summed E-state index contributed by atoms with van der Waals surface area (Å²) in [5.41, 5.74) is 2.30. The van der Waals surface area contributed by atoms with Crippen molar-refractivity contribution in [3.05, 3.63) is 47.5 Å². The van der Waals surface area contributed by atoms with Gasteiger partial charge in [0.2, 0.25) is 0 Å². The van der Waals surface area contributed by atoms with Crippen LogP contribution in [-0.4, -0.2) is 5.78 Å². The minimum atomic E-state index is 0.164. The molecule has 0 bridgehead atoms. The number of aryl methyl sites for hydroxylation is 1. The first-order valence-corrected chi connectivity index (χ1v) is 4.44. The SMILES string of the molecule is CC=CC(=O)Cc1ccccc1C. The van der Waals surface area contributed by atoms with Crippen LogP contribution in [0.5, 0.6) is 0 Å². The predicted octanol–water partition coefficient (Wildman–Crippen LogP) is 2.68. The van der Waals surface area contributed by atoms with Crippen molar-refractivity contribution in [3.8, 4) is 0 Å². The summed E-state index contributed by atoms with van der Waals surface area (Å²) in [6, 6.07) is 7.97. The van der Waals surface area contributed by atoms with Crippen LogP contribution in [0, 0.1) is 6.92 Å². The van der Waals surface area contributed by atoms with Gasteiger partial charge in [-0.05, 0) is 31.1 Å². The lowest BCUT2D eigenvalue weighted by atomic mass is 10.0. The van der Waals surface area contributed by atoms with Crippen LogP contribution in [0.2, 0.25) is 0 Å². The van der Waals surface area contributed by atoms with E-state index in [4.69, 9.17) is 0 Å². The molecule has 0 aliphatic heterocycles. The standard InChI is InChI=1S/C12H14O/c1-3-6-12(13)9-11-8-5-4-7-10(11)2/h3-8H,9H2,1-2H3. The summed E-state index contributed by atoms with van der Waals surface area (Å²) in [5.74, 6) is 0.164. The second kappa shape index (κ2) is 4.61. The molecule has 0 saturated carbocycles. The number of carbonyl (C=O) groups is 1. The van der Waals surface area contributed by atoms with Gasteiger partial charge in [-0.25, -0.2) is 0 Å². The normalized spacial score (nSPS) is 10.6. The molecule has 0 aliphatic rings. The monoisotopic (exact) mass is 174 g/mol. The van der Waals surface area contributed by atoms with Gasteiger partial charge in [-0.1, -0.05) is 30.3 Å². The van der Waals surface area contributed by atoms with Crippen LogP contribution in [0.1, 0.15) is 18.1 Å². The molecule has 0 atom stereocenters. The third-order valence-electron chi connectivity index (χ3n) is 1.98. The zero-order valence-corrected chi connectivity index (χ0v) is 8.08. The minimum Gasteiger partial charge on any atom is -0.294 e. The van der Waals surface area contributed by atoms with Crippen molar-refractivity contribution in [3.63, 3.8) is 0 Å². The maximum Gasteiger partial charge on any atom is 0.159 e. The zero-order valence-electron chi connectivity index (χ0n) is 8.08. The summed E-state index contributed by atoms with van der Waals surface area (Å²) in [6.45, 7) is 3.88. The highest BCUT2D eigenvalue weighted by Crippen LogP contribution is 2.08. The summed E-state index contributed by atoms with van der Waals surface area (Å²) in [6.07, 6.45) is 3.91. The third-order valence-corrected chi connectivity index (χ3v) is 1.98. The molecule has 1 rings (SSSR count). The lowest BCUT2D eigenvalue weighted by Crippen LogP contribution is -1.99. The average molecular weight is 174 g/mol. The maximum atomic E-state index is 11.3. The van der Waals surface area contributed by atoms with E-state index in [1.807, 2.05) is 38.1 Å². The predicted molar refractivity (Wildman–Crippen MR) is 54.7 cm³/mol. The van der Waals surface area contributed by atoms with Crippen LogP contribution >= 0.6 is 0 Å². The highest BCUT2D eigenvalue weighted by molar-refractivity contribution is 5.91. The van der Waals surface area contributed by atoms with Crippen molar-refractivity contribution in [1.29, 1.82) is 0 Å². The van der Waals surface area contributed by atoms with Gasteiger partial charge in [0, 0.05) is 6.42 Å². The Morgan fingerprint density at radius 2 is 2.08 bits per heavy atom. The van der Waals surface area contributed by atoms with Crippen molar-refractivity contribution < 1.29 is 4.79 Å². The molecule has 1 aromatic rings. The van der Waals surface area contributed by atoms with E-state index in [-0.39, 0.29) is 5.78 Å². The first kappa shape index (κ1) is 9.72. The van der Waals surface area contributed by atoms with Crippen molar-refractivity contribution in [1.82, 2.24) is 0 Å². The molecule has 0 amide bonds. The summed E-state index contributed by atoms with van der Waals surface area (Å²) in [4.78, 5) is 11.3. The number of ketones is 1. The molecule has 13 heavy (non-hydrogen) atoms. The highest BCUT2D eigenvalue weighted by Gasteiger charge is 2.01. The van der Waals surface area contributed by atoms with E-state index >= 15 is 0 Å². The van der Waals surface area contributed by atoms with Gasteiger partial charge in [0.25, 0.3) is 0 Å². The number of allylic oxidation sites excluding steroid dienone is 2. The first-order chi connectivity index (χ1) is 6.24. The fourth-order valence-corrected chi connectivity index (χ4v) is 1.24. The Labute approximate surface area is 79.1 Å². The molecule has 0 heterocycles. The van der Waals surface area contributed by atoms with Crippen LogP contribution in [0.4, 0.5) is 0 Å².